The summed E-state index contributed by atoms with van der Waals surface area (Å²) in [4.78, 5) is 30.7. The Labute approximate surface area is 234 Å². The van der Waals surface area contributed by atoms with Crippen LogP contribution in [0, 0.1) is 5.82 Å². The van der Waals surface area contributed by atoms with Crippen LogP contribution in [-0.2, 0) is 4.74 Å². The molecule has 0 aromatic carbocycles. The van der Waals surface area contributed by atoms with Crippen molar-refractivity contribution in [3.63, 3.8) is 0 Å². The van der Waals surface area contributed by atoms with E-state index in [1.54, 1.807) is 4.90 Å². The molecule has 0 unspecified atom stereocenters. The fraction of sp³-hybridized carbons (Fsp3) is 0.714. The number of amides is 1. The molecule has 214 valence electrons. The quantitative estimate of drug-likeness (QED) is 0.351. The van der Waals surface area contributed by atoms with Crippen LogP contribution < -0.4 is 10.1 Å². The second-order valence-electron chi connectivity index (χ2n) is 11.2. The van der Waals surface area contributed by atoms with Crippen LogP contribution in [0.5, 0.6) is 6.01 Å². The van der Waals surface area contributed by atoms with E-state index in [4.69, 9.17) is 26.1 Å². The first kappa shape index (κ1) is 28.1. The minimum absolute atomic E-state index is 0.00433. The van der Waals surface area contributed by atoms with E-state index in [-0.39, 0.29) is 34.2 Å². The Morgan fingerprint density at radius 1 is 1.13 bits per heavy atom. The Kier molecular flexibility index (Phi) is 8.91. The van der Waals surface area contributed by atoms with Gasteiger partial charge in [0.25, 0.3) is 0 Å². The molecule has 1 N–H and O–H groups in total. The fourth-order valence-electron chi connectivity index (χ4n) is 6.25. The van der Waals surface area contributed by atoms with Crippen molar-refractivity contribution in [3.8, 4) is 6.01 Å². The summed E-state index contributed by atoms with van der Waals surface area (Å²) in [5.41, 5.74) is 0.804. The number of rotatable bonds is 6. The van der Waals surface area contributed by atoms with Gasteiger partial charge in [-0.1, -0.05) is 38.3 Å². The van der Waals surface area contributed by atoms with Crippen LogP contribution >= 0.6 is 11.6 Å². The molecule has 2 saturated heterocycles. The molecule has 3 aliphatic rings. The van der Waals surface area contributed by atoms with Gasteiger partial charge >= 0.3 is 12.1 Å². The van der Waals surface area contributed by atoms with E-state index < -0.39 is 5.82 Å². The Morgan fingerprint density at radius 3 is 2.69 bits per heavy atom. The number of halogens is 2. The van der Waals surface area contributed by atoms with Crippen LogP contribution in [0.25, 0.3) is 10.9 Å². The molecular formula is C28H40ClFN6O3. The number of carbonyl (C=O) groups is 1. The number of fused-ring (bicyclic) bond motifs is 1. The zero-order valence-corrected chi connectivity index (χ0v) is 23.9. The molecule has 2 aromatic rings. The number of ether oxygens (including phenoxy) is 2. The number of anilines is 1. The maximum Gasteiger partial charge on any atom is 0.409 e. The van der Waals surface area contributed by atoms with Crippen LogP contribution in [0.1, 0.15) is 83.2 Å². The summed E-state index contributed by atoms with van der Waals surface area (Å²) < 4.78 is 27.1. The Bertz CT molecular complexity index is 1170. The van der Waals surface area contributed by atoms with Crippen LogP contribution in [0.2, 0.25) is 5.15 Å². The fourth-order valence-corrected chi connectivity index (χ4v) is 6.43. The minimum atomic E-state index is -0.673. The summed E-state index contributed by atoms with van der Waals surface area (Å²) in [6.07, 6.45) is 8.50. The zero-order valence-electron chi connectivity index (χ0n) is 23.1. The Balaban J connectivity index is 1.44. The number of nitrogens with zero attached hydrogens (tertiary/aromatic N) is 5. The summed E-state index contributed by atoms with van der Waals surface area (Å²) >= 11 is 6.28. The smallest absolute Gasteiger partial charge is 0.409 e. The predicted molar refractivity (Wildman–Crippen MR) is 149 cm³/mol. The van der Waals surface area contributed by atoms with E-state index in [2.05, 4.69) is 34.0 Å². The molecule has 9 nitrogen and oxygen atoms in total. The van der Waals surface area contributed by atoms with Crippen molar-refractivity contribution in [2.24, 2.45) is 0 Å². The third-order valence-electron chi connectivity index (χ3n) is 8.47. The first-order valence-electron chi connectivity index (χ1n) is 14.5. The molecule has 2 aromatic heterocycles. The van der Waals surface area contributed by atoms with Crippen molar-refractivity contribution >= 4 is 34.4 Å². The van der Waals surface area contributed by atoms with Gasteiger partial charge in [-0.25, -0.2) is 14.2 Å². The SMILES string of the molecule is CCCCOC(=O)N1CCCC[C@@H](C)c2nc(Cl)c(F)c3nc(OCC45CCCN4CCC5)nc(c23)NCC1. The highest BCUT2D eigenvalue weighted by molar-refractivity contribution is 6.30. The third kappa shape index (κ3) is 6.01. The number of hydrogen-bond donors (Lipinski definition) is 1. The second kappa shape index (κ2) is 12.4. The summed E-state index contributed by atoms with van der Waals surface area (Å²) in [5.74, 6) is -0.227. The molecule has 0 spiro atoms. The predicted octanol–water partition coefficient (Wildman–Crippen LogP) is 5.76. The van der Waals surface area contributed by atoms with Gasteiger partial charge in [0.15, 0.2) is 11.0 Å². The molecule has 39 heavy (non-hydrogen) atoms. The molecule has 11 heteroatoms. The number of hydrogen-bond acceptors (Lipinski definition) is 8. The maximum absolute atomic E-state index is 15.4. The lowest BCUT2D eigenvalue weighted by Crippen LogP contribution is -2.43. The van der Waals surface area contributed by atoms with Crippen LogP contribution in [0.4, 0.5) is 15.0 Å². The monoisotopic (exact) mass is 562 g/mol. The Morgan fingerprint density at radius 2 is 1.92 bits per heavy atom. The van der Waals surface area contributed by atoms with Gasteiger partial charge in [0, 0.05) is 19.6 Å². The topological polar surface area (TPSA) is 92.7 Å². The molecule has 0 aliphatic carbocycles. The highest BCUT2D eigenvalue weighted by Gasteiger charge is 2.45. The van der Waals surface area contributed by atoms with Gasteiger partial charge in [-0.15, -0.1) is 0 Å². The van der Waals surface area contributed by atoms with E-state index in [9.17, 15) is 4.79 Å². The number of aromatic nitrogens is 3. The molecule has 0 saturated carbocycles. The highest BCUT2D eigenvalue weighted by atomic mass is 35.5. The van der Waals surface area contributed by atoms with Crippen molar-refractivity contribution in [1.82, 2.24) is 24.8 Å². The highest BCUT2D eigenvalue weighted by Crippen LogP contribution is 2.40. The van der Waals surface area contributed by atoms with Crippen molar-refractivity contribution < 1.29 is 18.7 Å². The second-order valence-corrected chi connectivity index (χ2v) is 11.5. The first-order valence-corrected chi connectivity index (χ1v) is 14.9. The number of carbonyl (C=O) groups excluding carboxylic acids is 1. The van der Waals surface area contributed by atoms with Gasteiger partial charge in [-0.05, 0) is 64.0 Å². The maximum atomic E-state index is 15.4. The Hall–Kier alpha value is -2.46. The molecule has 3 aliphatic heterocycles. The normalized spacial score (nSPS) is 21.6. The average Bonchev–Trinajstić information content (AvgIpc) is 3.50. The molecule has 0 bridgehead atoms. The molecular weight excluding hydrogens is 523 g/mol. The molecule has 5 heterocycles. The zero-order chi connectivity index (χ0) is 27.4. The van der Waals surface area contributed by atoms with Crippen LogP contribution in [0.3, 0.4) is 0 Å². The van der Waals surface area contributed by atoms with Gasteiger partial charge in [0.05, 0.1) is 23.2 Å². The van der Waals surface area contributed by atoms with Crippen molar-refractivity contribution in [1.29, 1.82) is 0 Å². The average molecular weight is 563 g/mol. The summed E-state index contributed by atoms with van der Waals surface area (Å²) in [6.45, 7) is 8.63. The number of unbranched alkanes of at least 4 members (excludes halogenated alkanes) is 1. The van der Waals surface area contributed by atoms with Crippen molar-refractivity contribution in [3.05, 3.63) is 16.7 Å². The number of pyridine rings is 1. The summed E-state index contributed by atoms with van der Waals surface area (Å²) in [7, 11) is 0. The van der Waals surface area contributed by atoms with Crippen LogP contribution in [-0.4, -0.2) is 82.3 Å². The largest absolute Gasteiger partial charge is 0.461 e. The van der Waals surface area contributed by atoms with E-state index in [1.807, 2.05) is 0 Å². The minimum Gasteiger partial charge on any atom is -0.461 e. The summed E-state index contributed by atoms with van der Waals surface area (Å²) in [6, 6.07) is 0.126. The lowest BCUT2D eigenvalue weighted by molar-refractivity contribution is 0.102. The lowest BCUT2D eigenvalue weighted by Gasteiger charge is -2.31. The van der Waals surface area contributed by atoms with E-state index >= 15 is 4.39 Å². The van der Waals surface area contributed by atoms with Gasteiger partial charge < -0.3 is 19.7 Å². The van der Waals surface area contributed by atoms with E-state index in [0.29, 0.717) is 49.7 Å². The van der Waals surface area contributed by atoms with E-state index in [1.165, 1.54) is 0 Å². The number of nitrogens with one attached hydrogen (secondary N) is 1. The molecule has 1 atom stereocenters. The first-order chi connectivity index (χ1) is 18.9. The molecule has 2 fully saturated rings. The van der Waals surface area contributed by atoms with Gasteiger partial charge in [0.2, 0.25) is 0 Å². The summed E-state index contributed by atoms with van der Waals surface area (Å²) in [5, 5.41) is 3.67. The molecule has 0 radical (unpaired) electrons. The van der Waals surface area contributed by atoms with E-state index in [0.717, 1.165) is 70.9 Å². The lowest BCUT2D eigenvalue weighted by atomic mass is 9.95. The standard InChI is InChI=1S/C28H40ClFN6O3/c1-3-4-17-38-27(37)35-13-6-5-9-19(2)22-20-23(21(30)24(29)32-22)33-26(34-25(20)31-12-16-35)39-18-28-10-7-14-36(28)15-8-11-28/h19H,3-18H2,1-2H3,(H,31,33,34)/t19-/m1/s1. The molecule has 1 amide bonds. The van der Waals surface area contributed by atoms with Gasteiger partial charge in [-0.3, -0.25) is 4.90 Å². The van der Waals surface area contributed by atoms with Crippen molar-refractivity contribution in [2.45, 2.75) is 83.1 Å². The van der Waals surface area contributed by atoms with Crippen LogP contribution in [0.15, 0.2) is 0 Å². The molecule has 5 rings (SSSR count). The van der Waals surface area contributed by atoms with Crippen molar-refractivity contribution in [2.75, 3.05) is 51.3 Å². The van der Waals surface area contributed by atoms with Gasteiger partial charge in [-0.2, -0.15) is 9.97 Å². The third-order valence-corrected chi connectivity index (χ3v) is 8.72. The van der Waals surface area contributed by atoms with Gasteiger partial charge in [0.1, 0.15) is 17.9 Å².